The molecule has 1 aromatic heterocycles. The third kappa shape index (κ3) is 4.10. The van der Waals surface area contributed by atoms with Crippen molar-refractivity contribution in [1.82, 2.24) is 0 Å². The highest BCUT2D eigenvalue weighted by Crippen LogP contribution is 2.29. The maximum Gasteiger partial charge on any atom is 0.339 e. The highest BCUT2D eigenvalue weighted by Gasteiger charge is 2.28. The molecule has 0 spiro atoms. The minimum atomic E-state index is -4.10. The topological polar surface area (TPSA) is 76.8 Å². The number of furan rings is 1. The van der Waals surface area contributed by atoms with E-state index in [1.807, 2.05) is 0 Å². The lowest BCUT2D eigenvalue weighted by molar-refractivity contribution is 0.0599. The Kier molecular flexibility index (Phi) is 5.85. The molecular formula is C19H15BrFNO5S. The zero-order valence-corrected chi connectivity index (χ0v) is 17.0. The molecule has 0 saturated heterocycles. The van der Waals surface area contributed by atoms with Gasteiger partial charge >= 0.3 is 5.97 Å². The Morgan fingerprint density at radius 3 is 2.50 bits per heavy atom. The lowest BCUT2D eigenvalue weighted by Gasteiger charge is -2.24. The van der Waals surface area contributed by atoms with E-state index >= 15 is 0 Å². The van der Waals surface area contributed by atoms with E-state index in [0.29, 0.717) is 10.2 Å². The number of nitrogens with zero attached hydrogens (tertiary/aromatic N) is 1. The molecule has 0 saturated carbocycles. The maximum atomic E-state index is 13.3. The average molecular weight is 468 g/mol. The van der Waals surface area contributed by atoms with Crippen LogP contribution in [0.15, 0.2) is 74.6 Å². The Morgan fingerprint density at radius 2 is 1.89 bits per heavy atom. The number of carbonyl (C=O) groups excluding carboxylic acids is 1. The summed E-state index contributed by atoms with van der Waals surface area (Å²) in [7, 11) is -2.90. The number of sulfonamides is 1. The van der Waals surface area contributed by atoms with E-state index in [9.17, 15) is 17.6 Å². The molecule has 9 heteroatoms. The molecule has 146 valence electrons. The van der Waals surface area contributed by atoms with Crippen LogP contribution in [0.25, 0.3) is 0 Å². The molecule has 28 heavy (non-hydrogen) atoms. The fourth-order valence-corrected chi connectivity index (χ4v) is 4.39. The average Bonchev–Trinajstić information content (AvgIpc) is 3.20. The third-order valence-corrected chi connectivity index (χ3v) is 6.39. The normalized spacial score (nSPS) is 11.2. The molecule has 0 N–H and O–H groups in total. The zero-order valence-electron chi connectivity index (χ0n) is 14.6. The van der Waals surface area contributed by atoms with Crippen LogP contribution in [0.1, 0.15) is 16.1 Å². The quantitative estimate of drug-likeness (QED) is 0.503. The molecule has 0 radical (unpaired) electrons. The number of methoxy groups -OCH3 is 1. The first-order valence-electron chi connectivity index (χ1n) is 8.01. The van der Waals surface area contributed by atoms with Gasteiger partial charge in [-0.3, -0.25) is 4.31 Å². The first-order valence-corrected chi connectivity index (χ1v) is 10.2. The summed E-state index contributed by atoms with van der Waals surface area (Å²) in [6, 6.07) is 12.4. The van der Waals surface area contributed by atoms with E-state index in [1.165, 1.54) is 55.8 Å². The van der Waals surface area contributed by atoms with Gasteiger partial charge < -0.3 is 9.15 Å². The Bertz CT molecular complexity index is 1080. The van der Waals surface area contributed by atoms with E-state index in [-0.39, 0.29) is 22.7 Å². The molecule has 0 aliphatic carbocycles. The summed E-state index contributed by atoms with van der Waals surface area (Å²) < 4.78 is 51.5. The van der Waals surface area contributed by atoms with Crippen molar-refractivity contribution in [3.63, 3.8) is 0 Å². The van der Waals surface area contributed by atoms with Crippen LogP contribution < -0.4 is 4.31 Å². The maximum absolute atomic E-state index is 13.3. The van der Waals surface area contributed by atoms with Gasteiger partial charge in [0.15, 0.2) is 0 Å². The fraction of sp³-hybridized carbons (Fsp3) is 0.105. The molecule has 0 atom stereocenters. The zero-order chi connectivity index (χ0) is 20.3. The van der Waals surface area contributed by atoms with Crippen LogP contribution in [0, 0.1) is 5.82 Å². The second-order valence-electron chi connectivity index (χ2n) is 5.70. The molecule has 3 rings (SSSR count). The van der Waals surface area contributed by atoms with Crippen LogP contribution >= 0.6 is 15.9 Å². The van der Waals surface area contributed by atoms with E-state index in [4.69, 9.17) is 9.15 Å². The molecule has 0 fully saturated rings. The Labute approximate surface area is 169 Å². The number of hydrogen-bond acceptors (Lipinski definition) is 5. The molecule has 0 amide bonds. The predicted octanol–water partition coefficient (Wildman–Crippen LogP) is 4.36. The third-order valence-electron chi connectivity index (χ3n) is 3.93. The molecule has 0 aliphatic heterocycles. The largest absolute Gasteiger partial charge is 0.467 e. The molecule has 1 heterocycles. The number of esters is 1. The number of hydrogen-bond donors (Lipinski definition) is 0. The van der Waals surface area contributed by atoms with Crippen molar-refractivity contribution in [2.45, 2.75) is 11.4 Å². The summed E-state index contributed by atoms with van der Waals surface area (Å²) in [6.45, 7) is -0.107. The monoisotopic (exact) mass is 467 g/mol. The molecule has 0 bridgehead atoms. The van der Waals surface area contributed by atoms with Gasteiger partial charge in [0.1, 0.15) is 11.6 Å². The van der Waals surface area contributed by atoms with Gasteiger partial charge in [0, 0.05) is 4.47 Å². The van der Waals surface area contributed by atoms with Crippen LogP contribution in [0.4, 0.5) is 10.1 Å². The van der Waals surface area contributed by atoms with E-state index in [2.05, 4.69) is 15.9 Å². The van der Waals surface area contributed by atoms with Crippen molar-refractivity contribution in [2.75, 3.05) is 11.4 Å². The van der Waals surface area contributed by atoms with Gasteiger partial charge in [-0.15, -0.1) is 0 Å². The summed E-state index contributed by atoms with van der Waals surface area (Å²) in [5, 5.41) is 0. The van der Waals surface area contributed by atoms with Crippen LogP contribution in [0.3, 0.4) is 0 Å². The van der Waals surface area contributed by atoms with Gasteiger partial charge in [0.25, 0.3) is 10.0 Å². The highest BCUT2D eigenvalue weighted by atomic mass is 79.9. The molecule has 0 unspecified atom stereocenters. The lowest BCUT2D eigenvalue weighted by Crippen LogP contribution is -2.30. The van der Waals surface area contributed by atoms with Gasteiger partial charge in [-0.1, -0.05) is 0 Å². The number of halogens is 2. The van der Waals surface area contributed by atoms with E-state index < -0.39 is 21.8 Å². The number of anilines is 1. The van der Waals surface area contributed by atoms with Gasteiger partial charge in [-0.25, -0.2) is 17.6 Å². The van der Waals surface area contributed by atoms with E-state index in [1.54, 1.807) is 12.1 Å². The second kappa shape index (κ2) is 8.15. The highest BCUT2D eigenvalue weighted by molar-refractivity contribution is 9.10. The Hall–Kier alpha value is -2.65. The summed E-state index contributed by atoms with van der Waals surface area (Å²) in [6.07, 6.45) is 1.43. The van der Waals surface area contributed by atoms with Crippen molar-refractivity contribution in [3.05, 3.63) is 82.5 Å². The van der Waals surface area contributed by atoms with Crippen molar-refractivity contribution < 1.29 is 26.8 Å². The summed E-state index contributed by atoms with van der Waals surface area (Å²) in [5.41, 5.74) is 0.320. The van der Waals surface area contributed by atoms with Gasteiger partial charge in [-0.2, -0.15) is 0 Å². The van der Waals surface area contributed by atoms with Crippen LogP contribution in [-0.2, 0) is 21.3 Å². The van der Waals surface area contributed by atoms with Gasteiger partial charge in [0.2, 0.25) is 0 Å². The van der Waals surface area contributed by atoms with Gasteiger partial charge in [0.05, 0.1) is 36.1 Å². The van der Waals surface area contributed by atoms with Crippen LogP contribution in [0.5, 0.6) is 0 Å². The first-order chi connectivity index (χ1) is 13.3. The van der Waals surface area contributed by atoms with Crippen molar-refractivity contribution in [3.8, 4) is 0 Å². The van der Waals surface area contributed by atoms with Gasteiger partial charge in [-0.05, 0) is 70.5 Å². The summed E-state index contributed by atoms with van der Waals surface area (Å²) in [5.74, 6) is -0.766. The predicted molar refractivity (Wildman–Crippen MR) is 104 cm³/mol. The van der Waals surface area contributed by atoms with E-state index in [0.717, 1.165) is 4.31 Å². The SMILES string of the molecule is COC(=O)c1cc(S(=O)(=O)N(Cc2ccco2)c2ccc(F)cc2)ccc1Br. The molecular weight excluding hydrogens is 453 g/mol. The van der Waals surface area contributed by atoms with Crippen molar-refractivity contribution in [1.29, 1.82) is 0 Å². The minimum absolute atomic E-state index is 0.0700. The molecule has 2 aromatic carbocycles. The van der Waals surface area contributed by atoms with Crippen molar-refractivity contribution >= 4 is 37.6 Å². The number of benzene rings is 2. The number of carbonyl (C=O) groups is 1. The minimum Gasteiger partial charge on any atom is -0.467 e. The number of rotatable bonds is 6. The fourth-order valence-electron chi connectivity index (χ4n) is 2.52. The van der Waals surface area contributed by atoms with Crippen LogP contribution in [0.2, 0.25) is 0 Å². The Morgan fingerprint density at radius 1 is 1.18 bits per heavy atom. The number of ether oxygens (including phenoxy) is 1. The summed E-state index contributed by atoms with van der Waals surface area (Å²) in [4.78, 5) is 11.8. The smallest absolute Gasteiger partial charge is 0.339 e. The standard InChI is InChI=1S/C19H15BrFNO5S/c1-26-19(23)17-11-16(8-9-18(17)20)28(24,25)22(12-15-3-2-10-27-15)14-6-4-13(21)5-7-14/h2-11H,12H2,1H3. The first kappa shape index (κ1) is 20.1. The Balaban J connectivity index is 2.10. The molecule has 3 aromatic rings. The molecule has 0 aliphatic rings. The summed E-state index contributed by atoms with van der Waals surface area (Å²) >= 11 is 3.21. The lowest BCUT2D eigenvalue weighted by atomic mass is 10.2. The molecule has 6 nitrogen and oxygen atoms in total. The second-order valence-corrected chi connectivity index (χ2v) is 8.42. The van der Waals surface area contributed by atoms with Crippen LogP contribution in [-0.4, -0.2) is 21.5 Å². The van der Waals surface area contributed by atoms with Crippen molar-refractivity contribution in [2.24, 2.45) is 0 Å².